The Kier molecular flexibility index (Phi) is 6.13. The van der Waals surface area contributed by atoms with Crippen LogP contribution in [0.15, 0.2) is 60.4 Å². The van der Waals surface area contributed by atoms with Crippen LogP contribution in [0, 0.1) is 5.41 Å². The lowest BCUT2D eigenvalue weighted by atomic mass is 9.73. The highest BCUT2D eigenvalue weighted by molar-refractivity contribution is 7.13. The van der Waals surface area contributed by atoms with Crippen molar-refractivity contribution in [2.75, 3.05) is 27.2 Å². The number of nitrogens with zero attached hydrogens (tertiary/aromatic N) is 4. The zero-order valence-corrected chi connectivity index (χ0v) is 18.6. The molecule has 3 heterocycles. The minimum absolute atomic E-state index is 0.0608. The van der Waals surface area contributed by atoms with Crippen LogP contribution in [-0.2, 0) is 11.2 Å². The minimum Gasteiger partial charge on any atom is -0.348 e. The average Bonchev–Trinajstić information content (AvgIpc) is 3.34. The van der Waals surface area contributed by atoms with Crippen molar-refractivity contribution in [1.82, 2.24) is 19.8 Å². The number of aromatic nitrogens is 2. The first-order valence-corrected chi connectivity index (χ1v) is 11.3. The molecule has 0 aliphatic carbocycles. The molecular formula is C24H26N4O2S. The number of rotatable bonds is 5. The lowest BCUT2D eigenvalue weighted by Crippen LogP contribution is -2.54. The van der Waals surface area contributed by atoms with E-state index in [0.29, 0.717) is 25.2 Å². The number of carbonyl (C=O) groups is 2. The Morgan fingerprint density at radius 1 is 1.19 bits per heavy atom. The summed E-state index contributed by atoms with van der Waals surface area (Å²) in [6.45, 7) is 0.996. The van der Waals surface area contributed by atoms with Crippen LogP contribution in [0.3, 0.4) is 0 Å². The summed E-state index contributed by atoms with van der Waals surface area (Å²) in [5.74, 6) is -0.110. The second kappa shape index (κ2) is 8.98. The third kappa shape index (κ3) is 4.51. The van der Waals surface area contributed by atoms with E-state index in [1.54, 1.807) is 41.4 Å². The molecule has 6 nitrogen and oxygen atoms in total. The van der Waals surface area contributed by atoms with Gasteiger partial charge in [-0.05, 0) is 41.8 Å². The minimum atomic E-state index is -0.659. The van der Waals surface area contributed by atoms with E-state index in [2.05, 4.69) is 39.6 Å². The Hall–Kier alpha value is -3.06. The Labute approximate surface area is 186 Å². The van der Waals surface area contributed by atoms with Crippen LogP contribution in [0.1, 0.15) is 28.9 Å². The molecule has 1 atom stereocenters. The van der Waals surface area contributed by atoms with Crippen LogP contribution in [0.2, 0.25) is 0 Å². The molecule has 7 heteroatoms. The van der Waals surface area contributed by atoms with Gasteiger partial charge in [-0.2, -0.15) is 0 Å². The maximum absolute atomic E-state index is 13.4. The zero-order valence-electron chi connectivity index (χ0n) is 17.8. The summed E-state index contributed by atoms with van der Waals surface area (Å²) in [6.07, 6.45) is 6.66. The third-order valence-corrected chi connectivity index (χ3v) is 6.70. The lowest BCUT2D eigenvalue weighted by molar-refractivity contribution is -0.142. The fourth-order valence-electron chi connectivity index (χ4n) is 4.41. The van der Waals surface area contributed by atoms with Crippen LogP contribution in [0.4, 0.5) is 0 Å². The van der Waals surface area contributed by atoms with Gasteiger partial charge in [0.05, 0.1) is 11.6 Å². The zero-order chi connectivity index (χ0) is 21.8. The van der Waals surface area contributed by atoms with Gasteiger partial charge in [0, 0.05) is 44.5 Å². The first-order chi connectivity index (χ1) is 15.0. The Morgan fingerprint density at radius 3 is 2.77 bits per heavy atom. The van der Waals surface area contributed by atoms with Crippen LogP contribution in [0.25, 0.3) is 10.4 Å². The summed E-state index contributed by atoms with van der Waals surface area (Å²) in [5, 5.41) is 2.07. The Balaban J connectivity index is 1.64. The Bertz CT molecular complexity index is 1050. The SMILES string of the molecule is CN(C)C(=O)[C@]1(Cc2cccc(-c3cccs3)c2)CCCN(C(=O)c2cnccn2)C1. The highest BCUT2D eigenvalue weighted by Gasteiger charge is 2.44. The van der Waals surface area contributed by atoms with Crippen molar-refractivity contribution >= 4 is 23.2 Å². The van der Waals surface area contributed by atoms with Crippen LogP contribution in [0.5, 0.6) is 0 Å². The molecule has 1 aliphatic rings. The normalized spacial score (nSPS) is 18.6. The van der Waals surface area contributed by atoms with E-state index in [1.807, 2.05) is 12.1 Å². The summed E-state index contributed by atoms with van der Waals surface area (Å²) in [7, 11) is 3.57. The van der Waals surface area contributed by atoms with E-state index in [9.17, 15) is 9.59 Å². The monoisotopic (exact) mass is 434 g/mol. The highest BCUT2D eigenvalue weighted by atomic mass is 32.1. The molecule has 31 heavy (non-hydrogen) atoms. The van der Waals surface area contributed by atoms with Gasteiger partial charge < -0.3 is 9.80 Å². The molecule has 0 bridgehead atoms. The van der Waals surface area contributed by atoms with Gasteiger partial charge in [0.25, 0.3) is 5.91 Å². The van der Waals surface area contributed by atoms with Crippen molar-refractivity contribution in [3.8, 4) is 10.4 Å². The van der Waals surface area contributed by atoms with E-state index < -0.39 is 5.41 Å². The van der Waals surface area contributed by atoms with Gasteiger partial charge in [0.1, 0.15) is 5.69 Å². The number of carbonyl (C=O) groups excluding carboxylic acids is 2. The maximum atomic E-state index is 13.4. The molecule has 0 saturated carbocycles. The molecule has 1 aliphatic heterocycles. The molecule has 2 amide bonds. The van der Waals surface area contributed by atoms with Gasteiger partial charge in [0.15, 0.2) is 0 Å². The van der Waals surface area contributed by atoms with Crippen LogP contribution >= 0.6 is 11.3 Å². The van der Waals surface area contributed by atoms with Crippen LogP contribution in [-0.4, -0.2) is 58.8 Å². The third-order valence-electron chi connectivity index (χ3n) is 5.78. The van der Waals surface area contributed by atoms with Crippen molar-refractivity contribution in [1.29, 1.82) is 0 Å². The van der Waals surface area contributed by atoms with E-state index >= 15 is 0 Å². The van der Waals surface area contributed by atoms with Crippen molar-refractivity contribution in [2.24, 2.45) is 5.41 Å². The number of piperidine rings is 1. The number of hydrogen-bond acceptors (Lipinski definition) is 5. The van der Waals surface area contributed by atoms with Crippen molar-refractivity contribution in [2.45, 2.75) is 19.3 Å². The highest BCUT2D eigenvalue weighted by Crippen LogP contribution is 2.37. The van der Waals surface area contributed by atoms with Gasteiger partial charge in [-0.3, -0.25) is 14.6 Å². The second-order valence-corrected chi connectivity index (χ2v) is 9.20. The van der Waals surface area contributed by atoms with Gasteiger partial charge >= 0.3 is 0 Å². The summed E-state index contributed by atoms with van der Waals surface area (Å²) < 4.78 is 0. The number of amides is 2. The molecular weight excluding hydrogens is 408 g/mol. The standard InChI is InChI=1S/C24H26N4O2S/c1-27(2)23(30)24(15-18-6-3-7-19(14-18)21-8-4-13-31-21)9-5-12-28(17-24)22(29)20-16-25-10-11-26-20/h3-4,6-8,10-11,13-14,16H,5,9,12,15,17H2,1-2H3/t24-/m0/s1. The summed E-state index contributed by atoms with van der Waals surface area (Å²) in [5.41, 5.74) is 1.92. The summed E-state index contributed by atoms with van der Waals surface area (Å²) in [6, 6.07) is 12.5. The quantitative estimate of drug-likeness (QED) is 0.613. The molecule has 1 fully saturated rings. The molecule has 0 spiro atoms. The second-order valence-electron chi connectivity index (χ2n) is 8.26. The van der Waals surface area contributed by atoms with E-state index in [-0.39, 0.29) is 11.8 Å². The summed E-state index contributed by atoms with van der Waals surface area (Å²) in [4.78, 5) is 39.2. The summed E-state index contributed by atoms with van der Waals surface area (Å²) >= 11 is 1.70. The van der Waals surface area contributed by atoms with Gasteiger partial charge in [-0.1, -0.05) is 30.3 Å². The van der Waals surface area contributed by atoms with Gasteiger partial charge in [-0.15, -0.1) is 11.3 Å². The number of thiophene rings is 1. The smallest absolute Gasteiger partial charge is 0.274 e. The fourth-order valence-corrected chi connectivity index (χ4v) is 5.14. The Morgan fingerprint density at radius 2 is 2.06 bits per heavy atom. The first kappa shape index (κ1) is 21.2. The van der Waals surface area contributed by atoms with E-state index in [0.717, 1.165) is 24.0 Å². The lowest BCUT2D eigenvalue weighted by Gasteiger charge is -2.43. The molecule has 0 N–H and O–H groups in total. The number of benzene rings is 1. The van der Waals surface area contributed by atoms with Crippen molar-refractivity contribution < 1.29 is 9.59 Å². The van der Waals surface area contributed by atoms with Crippen molar-refractivity contribution in [3.05, 3.63) is 71.6 Å². The van der Waals surface area contributed by atoms with Crippen molar-refractivity contribution in [3.63, 3.8) is 0 Å². The van der Waals surface area contributed by atoms with Crippen LogP contribution < -0.4 is 0 Å². The van der Waals surface area contributed by atoms with Gasteiger partial charge in [0.2, 0.25) is 5.91 Å². The van der Waals surface area contributed by atoms with E-state index in [1.165, 1.54) is 17.3 Å². The predicted molar refractivity (Wildman–Crippen MR) is 122 cm³/mol. The first-order valence-electron chi connectivity index (χ1n) is 10.4. The largest absolute Gasteiger partial charge is 0.348 e. The molecule has 4 rings (SSSR count). The molecule has 0 unspecified atom stereocenters. The topological polar surface area (TPSA) is 66.4 Å². The fraction of sp³-hybridized carbons (Fsp3) is 0.333. The number of likely N-dealkylation sites (tertiary alicyclic amines) is 1. The van der Waals surface area contributed by atoms with E-state index in [4.69, 9.17) is 0 Å². The van der Waals surface area contributed by atoms with Gasteiger partial charge in [-0.25, -0.2) is 4.98 Å². The molecule has 160 valence electrons. The number of hydrogen-bond donors (Lipinski definition) is 0. The predicted octanol–water partition coefficient (Wildman–Crippen LogP) is 3.76. The molecule has 3 aromatic rings. The molecule has 1 aromatic carbocycles. The molecule has 0 radical (unpaired) electrons. The molecule has 2 aromatic heterocycles. The maximum Gasteiger partial charge on any atom is 0.274 e. The molecule has 1 saturated heterocycles. The average molecular weight is 435 g/mol.